The topological polar surface area (TPSA) is 73.3 Å². The van der Waals surface area contributed by atoms with Crippen LogP contribution in [0.1, 0.15) is 37.8 Å². The van der Waals surface area contributed by atoms with E-state index in [9.17, 15) is 14.0 Å². The van der Waals surface area contributed by atoms with Crippen LogP contribution in [0.4, 0.5) is 4.39 Å². The van der Waals surface area contributed by atoms with Gasteiger partial charge < -0.3 is 15.6 Å². The van der Waals surface area contributed by atoms with E-state index < -0.39 is 6.04 Å². The van der Waals surface area contributed by atoms with E-state index in [1.807, 2.05) is 0 Å². The van der Waals surface area contributed by atoms with Gasteiger partial charge in [-0.25, -0.2) is 4.39 Å². The molecule has 1 aromatic carbocycles. The number of halogens is 1. The van der Waals surface area contributed by atoms with Crippen molar-refractivity contribution in [3.8, 4) is 0 Å². The Bertz CT molecular complexity index is 583. The lowest BCUT2D eigenvalue weighted by Crippen LogP contribution is -2.43. The van der Waals surface area contributed by atoms with Crippen LogP contribution in [0.3, 0.4) is 0 Å². The maximum Gasteiger partial charge on any atom is 0.223 e. The molecule has 124 valence electrons. The Morgan fingerprint density at radius 2 is 2.04 bits per heavy atom. The van der Waals surface area contributed by atoms with Gasteiger partial charge in [0.1, 0.15) is 5.82 Å². The van der Waals surface area contributed by atoms with E-state index in [1.165, 1.54) is 19.2 Å². The Kier molecular flexibility index (Phi) is 5.84. The molecule has 0 aliphatic carbocycles. The zero-order chi connectivity index (χ0) is 16.8. The maximum absolute atomic E-state index is 13.9. The van der Waals surface area contributed by atoms with Gasteiger partial charge in [-0.05, 0) is 25.1 Å². The Balaban J connectivity index is 2.00. The van der Waals surface area contributed by atoms with Gasteiger partial charge >= 0.3 is 0 Å². The van der Waals surface area contributed by atoms with Gasteiger partial charge in [0.25, 0.3) is 0 Å². The highest BCUT2D eigenvalue weighted by Gasteiger charge is 2.28. The van der Waals surface area contributed by atoms with Crippen molar-refractivity contribution in [2.45, 2.75) is 32.2 Å². The fraction of sp³-hybridized carbons (Fsp3) is 0.471. The van der Waals surface area contributed by atoms with Gasteiger partial charge in [0.15, 0.2) is 0 Å². The minimum Gasteiger partial charge on any atom is -0.349 e. The minimum atomic E-state index is -0.535. The van der Waals surface area contributed by atoms with Crippen LogP contribution >= 0.6 is 0 Å². The van der Waals surface area contributed by atoms with Crippen molar-refractivity contribution in [3.05, 3.63) is 35.6 Å². The summed E-state index contributed by atoms with van der Waals surface area (Å²) in [5.74, 6) is -0.670. The highest BCUT2D eigenvalue weighted by molar-refractivity contribution is 5.80. The standard InChI is InChI=1S/C17H22FN3O2/c1-12(22)21-10-7-13(8-11-21)17(23)20-16(6-9-19)14-4-2-3-5-15(14)18/h2-5,9,13,16,19H,6-8,10-11H2,1H3,(H,20,23). The van der Waals surface area contributed by atoms with Crippen molar-refractivity contribution in [3.63, 3.8) is 0 Å². The molecule has 1 aliphatic rings. The summed E-state index contributed by atoms with van der Waals surface area (Å²) in [5, 5.41) is 10.1. The first-order valence-electron chi connectivity index (χ1n) is 7.82. The monoisotopic (exact) mass is 319 g/mol. The van der Waals surface area contributed by atoms with Crippen LogP contribution in [-0.2, 0) is 9.59 Å². The summed E-state index contributed by atoms with van der Waals surface area (Å²) >= 11 is 0. The van der Waals surface area contributed by atoms with E-state index in [0.717, 1.165) is 0 Å². The predicted molar refractivity (Wildman–Crippen MR) is 85.7 cm³/mol. The number of amides is 2. The summed E-state index contributed by atoms with van der Waals surface area (Å²) in [7, 11) is 0. The molecule has 6 heteroatoms. The lowest BCUT2D eigenvalue weighted by atomic mass is 9.94. The fourth-order valence-corrected chi connectivity index (χ4v) is 2.89. The molecule has 0 spiro atoms. The van der Waals surface area contributed by atoms with Crippen LogP contribution in [0, 0.1) is 17.1 Å². The summed E-state index contributed by atoms with van der Waals surface area (Å²) in [5.41, 5.74) is 0.394. The molecule has 0 bridgehead atoms. The van der Waals surface area contributed by atoms with Crippen LogP contribution in [-0.4, -0.2) is 36.0 Å². The molecule has 1 heterocycles. The molecule has 1 saturated heterocycles. The van der Waals surface area contributed by atoms with Crippen molar-refractivity contribution in [2.75, 3.05) is 13.1 Å². The number of nitrogens with one attached hydrogen (secondary N) is 2. The summed E-state index contributed by atoms with van der Waals surface area (Å²) in [6.45, 7) is 2.67. The summed E-state index contributed by atoms with van der Waals surface area (Å²) in [6.07, 6.45) is 2.65. The third-order valence-corrected chi connectivity index (χ3v) is 4.26. The minimum absolute atomic E-state index is 0.0249. The van der Waals surface area contributed by atoms with Crippen LogP contribution in [0.2, 0.25) is 0 Å². The third-order valence-electron chi connectivity index (χ3n) is 4.26. The number of nitrogens with zero attached hydrogens (tertiary/aromatic N) is 1. The number of carbonyl (C=O) groups is 2. The van der Waals surface area contributed by atoms with E-state index in [4.69, 9.17) is 5.41 Å². The molecule has 0 radical (unpaired) electrons. The van der Waals surface area contributed by atoms with Crippen LogP contribution in [0.5, 0.6) is 0 Å². The molecule has 1 atom stereocenters. The fourth-order valence-electron chi connectivity index (χ4n) is 2.89. The van der Waals surface area contributed by atoms with Crippen molar-refractivity contribution in [2.24, 2.45) is 5.92 Å². The van der Waals surface area contributed by atoms with Gasteiger partial charge in [-0.3, -0.25) is 9.59 Å². The van der Waals surface area contributed by atoms with Crippen molar-refractivity contribution in [1.29, 1.82) is 5.41 Å². The molecule has 2 rings (SSSR count). The molecule has 2 N–H and O–H groups in total. The van der Waals surface area contributed by atoms with E-state index in [-0.39, 0.29) is 30.0 Å². The largest absolute Gasteiger partial charge is 0.349 e. The molecular formula is C17H22FN3O2. The van der Waals surface area contributed by atoms with Gasteiger partial charge in [-0.2, -0.15) is 0 Å². The smallest absolute Gasteiger partial charge is 0.223 e. The highest BCUT2D eigenvalue weighted by Crippen LogP contribution is 2.22. The van der Waals surface area contributed by atoms with Crippen LogP contribution in [0.15, 0.2) is 24.3 Å². The predicted octanol–water partition coefficient (Wildman–Crippen LogP) is 2.28. The van der Waals surface area contributed by atoms with Gasteiger partial charge in [0.2, 0.25) is 11.8 Å². The SMILES string of the molecule is CC(=O)N1CCC(C(=O)NC(CC=N)c2ccccc2F)CC1. The number of likely N-dealkylation sites (tertiary alicyclic amines) is 1. The quantitative estimate of drug-likeness (QED) is 0.817. The number of rotatable bonds is 5. The van der Waals surface area contributed by atoms with Gasteiger partial charge in [0, 0.05) is 37.9 Å². The molecular weight excluding hydrogens is 297 g/mol. The number of hydrogen-bond donors (Lipinski definition) is 2. The Morgan fingerprint density at radius 1 is 1.39 bits per heavy atom. The average molecular weight is 319 g/mol. The van der Waals surface area contributed by atoms with Gasteiger partial charge in [-0.15, -0.1) is 0 Å². The molecule has 0 saturated carbocycles. The molecule has 1 fully saturated rings. The van der Waals surface area contributed by atoms with Crippen molar-refractivity contribution < 1.29 is 14.0 Å². The molecule has 1 aromatic rings. The second kappa shape index (κ2) is 7.85. The lowest BCUT2D eigenvalue weighted by molar-refractivity contribution is -0.134. The average Bonchev–Trinajstić information content (AvgIpc) is 2.55. The second-order valence-corrected chi connectivity index (χ2v) is 5.80. The van der Waals surface area contributed by atoms with Crippen molar-refractivity contribution >= 4 is 18.0 Å². The normalized spacial score (nSPS) is 16.7. The number of hydrogen-bond acceptors (Lipinski definition) is 3. The first kappa shape index (κ1) is 17.1. The van der Waals surface area contributed by atoms with Crippen LogP contribution in [0.25, 0.3) is 0 Å². The summed E-state index contributed by atoms with van der Waals surface area (Å²) < 4.78 is 13.9. The molecule has 1 aliphatic heterocycles. The maximum atomic E-state index is 13.9. The molecule has 1 unspecified atom stereocenters. The Morgan fingerprint density at radius 3 is 2.61 bits per heavy atom. The molecule has 5 nitrogen and oxygen atoms in total. The zero-order valence-corrected chi connectivity index (χ0v) is 13.2. The molecule has 23 heavy (non-hydrogen) atoms. The molecule has 0 aromatic heterocycles. The third kappa shape index (κ3) is 4.37. The first-order chi connectivity index (χ1) is 11.0. The number of benzene rings is 1. The van der Waals surface area contributed by atoms with E-state index in [2.05, 4.69) is 5.32 Å². The van der Waals surface area contributed by atoms with Gasteiger partial charge in [0.05, 0.1) is 6.04 Å². The first-order valence-corrected chi connectivity index (χ1v) is 7.82. The summed E-state index contributed by atoms with van der Waals surface area (Å²) in [6, 6.07) is 5.75. The Labute approximate surface area is 135 Å². The summed E-state index contributed by atoms with van der Waals surface area (Å²) in [4.78, 5) is 25.5. The number of carbonyl (C=O) groups excluding carboxylic acids is 2. The highest BCUT2D eigenvalue weighted by atomic mass is 19.1. The zero-order valence-electron chi connectivity index (χ0n) is 13.2. The van der Waals surface area contributed by atoms with E-state index in [0.29, 0.717) is 31.5 Å². The number of piperidine rings is 1. The Hall–Kier alpha value is -2.24. The second-order valence-electron chi connectivity index (χ2n) is 5.80. The van der Waals surface area contributed by atoms with Crippen molar-refractivity contribution in [1.82, 2.24) is 10.2 Å². The van der Waals surface area contributed by atoms with Crippen LogP contribution < -0.4 is 5.32 Å². The van der Waals surface area contributed by atoms with Gasteiger partial charge in [-0.1, -0.05) is 18.2 Å². The molecule has 2 amide bonds. The van der Waals surface area contributed by atoms with E-state index >= 15 is 0 Å². The van der Waals surface area contributed by atoms with E-state index in [1.54, 1.807) is 23.1 Å². The lowest BCUT2D eigenvalue weighted by Gasteiger charge is -2.31.